The van der Waals surface area contributed by atoms with Crippen LogP contribution in [-0.4, -0.2) is 46.0 Å². The average molecular weight is 556 g/mol. The van der Waals surface area contributed by atoms with E-state index in [1.54, 1.807) is 53.1 Å². The summed E-state index contributed by atoms with van der Waals surface area (Å²) in [7, 11) is 1.54. The number of benzene rings is 3. The van der Waals surface area contributed by atoms with Gasteiger partial charge in [0.15, 0.2) is 17.6 Å². The number of thioether (sulfide) groups is 1. The van der Waals surface area contributed by atoms with Crippen molar-refractivity contribution in [1.82, 2.24) is 20.1 Å². The number of ether oxygens (including phenoxy) is 2. The quantitative estimate of drug-likeness (QED) is 0.262. The van der Waals surface area contributed by atoms with Gasteiger partial charge >= 0.3 is 0 Å². The standard InChI is InChI=1S/C26H23ClFN5O4S/c1-36-22-9-5-4-8-21(22)33-23(14-29-24(34)15-37-18-12-10-17(27)11-13-18)31-32-26(33)38-16-25(35)30-20-7-3-2-6-19(20)28/h2-13H,14-16H2,1H3,(H,29,34)(H,30,35). The van der Waals surface area contributed by atoms with Gasteiger partial charge in [0.2, 0.25) is 5.91 Å². The van der Waals surface area contributed by atoms with Crippen molar-refractivity contribution in [2.24, 2.45) is 0 Å². The lowest BCUT2D eigenvalue weighted by molar-refractivity contribution is -0.123. The van der Waals surface area contributed by atoms with E-state index < -0.39 is 11.7 Å². The van der Waals surface area contributed by atoms with Gasteiger partial charge in [-0.2, -0.15) is 0 Å². The third-order valence-electron chi connectivity index (χ3n) is 5.13. The normalized spacial score (nSPS) is 10.6. The molecule has 0 radical (unpaired) electrons. The van der Waals surface area contributed by atoms with Gasteiger partial charge in [0.25, 0.3) is 5.91 Å². The summed E-state index contributed by atoms with van der Waals surface area (Å²) in [6, 6.07) is 19.8. The van der Waals surface area contributed by atoms with Crippen LogP contribution in [0.3, 0.4) is 0 Å². The first kappa shape index (κ1) is 27.0. The fourth-order valence-corrected chi connectivity index (χ4v) is 4.24. The zero-order valence-electron chi connectivity index (χ0n) is 20.2. The van der Waals surface area contributed by atoms with E-state index in [9.17, 15) is 14.0 Å². The Morgan fingerprint density at radius 1 is 1.00 bits per heavy atom. The summed E-state index contributed by atoms with van der Waals surface area (Å²) in [6.07, 6.45) is 0. The van der Waals surface area contributed by atoms with E-state index in [0.29, 0.717) is 33.2 Å². The Balaban J connectivity index is 1.46. The number of aromatic nitrogens is 3. The second kappa shape index (κ2) is 12.9. The number of carbonyl (C=O) groups is 2. The molecule has 0 unspecified atom stereocenters. The summed E-state index contributed by atoms with van der Waals surface area (Å²) in [4.78, 5) is 24.9. The predicted molar refractivity (Wildman–Crippen MR) is 142 cm³/mol. The van der Waals surface area contributed by atoms with Gasteiger partial charge in [-0.1, -0.05) is 47.6 Å². The lowest BCUT2D eigenvalue weighted by Gasteiger charge is -2.14. The molecule has 38 heavy (non-hydrogen) atoms. The summed E-state index contributed by atoms with van der Waals surface area (Å²) in [5.41, 5.74) is 0.715. The maximum atomic E-state index is 13.9. The first-order valence-corrected chi connectivity index (χ1v) is 12.7. The van der Waals surface area contributed by atoms with Crippen molar-refractivity contribution >= 4 is 40.9 Å². The van der Waals surface area contributed by atoms with Crippen LogP contribution in [0.4, 0.5) is 10.1 Å². The SMILES string of the molecule is COc1ccccc1-n1c(CNC(=O)COc2ccc(Cl)cc2)nnc1SCC(=O)Nc1ccccc1F. The maximum Gasteiger partial charge on any atom is 0.258 e. The minimum absolute atomic E-state index is 0.0375. The van der Waals surface area contributed by atoms with Crippen LogP contribution in [0.2, 0.25) is 5.02 Å². The van der Waals surface area contributed by atoms with Crippen molar-refractivity contribution in [3.8, 4) is 17.2 Å². The molecule has 4 rings (SSSR count). The smallest absolute Gasteiger partial charge is 0.258 e. The number of rotatable bonds is 11. The second-order valence-corrected chi connectivity index (χ2v) is 9.12. The number of amides is 2. The number of nitrogens with zero attached hydrogens (tertiary/aromatic N) is 3. The molecule has 0 bridgehead atoms. The van der Waals surface area contributed by atoms with E-state index in [-0.39, 0.29) is 30.5 Å². The first-order valence-electron chi connectivity index (χ1n) is 11.3. The number of carbonyl (C=O) groups excluding carboxylic acids is 2. The first-order chi connectivity index (χ1) is 18.4. The number of halogens is 2. The van der Waals surface area contributed by atoms with Gasteiger partial charge in [-0.15, -0.1) is 10.2 Å². The Morgan fingerprint density at radius 3 is 2.50 bits per heavy atom. The maximum absolute atomic E-state index is 13.9. The third kappa shape index (κ3) is 7.02. The number of anilines is 1. The molecular formula is C26H23ClFN5O4S. The minimum Gasteiger partial charge on any atom is -0.495 e. The molecule has 2 amide bonds. The fraction of sp³-hybridized carbons (Fsp3) is 0.154. The molecule has 0 fully saturated rings. The summed E-state index contributed by atoms with van der Waals surface area (Å²) in [5, 5.41) is 14.7. The Morgan fingerprint density at radius 2 is 1.74 bits per heavy atom. The van der Waals surface area contributed by atoms with E-state index in [4.69, 9.17) is 21.1 Å². The molecule has 0 saturated heterocycles. The average Bonchev–Trinajstić information content (AvgIpc) is 3.34. The highest BCUT2D eigenvalue weighted by molar-refractivity contribution is 7.99. The number of hydrogen-bond acceptors (Lipinski definition) is 7. The number of methoxy groups -OCH3 is 1. The van der Waals surface area contributed by atoms with E-state index >= 15 is 0 Å². The van der Waals surface area contributed by atoms with Gasteiger partial charge in [0.1, 0.15) is 17.3 Å². The molecule has 9 nitrogen and oxygen atoms in total. The number of hydrogen-bond donors (Lipinski definition) is 2. The van der Waals surface area contributed by atoms with Crippen molar-refractivity contribution in [1.29, 1.82) is 0 Å². The van der Waals surface area contributed by atoms with Gasteiger partial charge in [-0.25, -0.2) is 4.39 Å². The van der Waals surface area contributed by atoms with Crippen LogP contribution in [0.15, 0.2) is 78.0 Å². The molecule has 0 saturated carbocycles. The highest BCUT2D eigenvalue weighted by atomic mass is 35.5. The van der Waals surface area contributed by atoms with Crippen molar-refractivity contribution < 1.29 is 23.5 Å². The third-order valence-corrected chi connectivity index (χ3v) is 6.31. The Labute approximate surface area is 227 Å². The van der Waals surface area contributed by atoms with Crippen LogP contribution < -0.4 is 20.1 Å². The lowest BCUT2D eigenvalue weighted by atomic mass is 10.3. The van der Waals surface area contributed by atoms with Gasteiger partial charge in [0, 0.05) is 5.02 Å². The zero-order valence-corrected chi connectivity index (χ0v) is 21.8. The molecule has 4 aromatic rings. The topological polar surface area (TPSA) is 107 Å². The molecule has 0 atom stereocenters. The largest absolute Gasteiger partial charge is 0.495 e. The number of para-hydroxylation sites is 3. The lowest BCUT2D eigenvalue weighted by Crippen LogP contribution is -2.29. The van der Waals surface area contributed by atoms with Gasteiger partial charge < -0.3 is 20.1 Å². The molecule has 0 aliphatic rings. The fourth-order valence-electron chi connectivity index (χ4n) is 3.35. The summed E-state index contributed by atoms with van der Waals surface area (Å²) in [5.74, 6) is 0.102. The highest BCUT2D eigenvalue weighted by Gasteiger charge is 2.19. The van der Waals surface area contributed by atoms with Gasteiger partial charge in [0.05, 0.1) is 30.8 Å². The Bertz CT molecular complexity index is 1420. The van der Waals surface area contributed by atoms with Crippen LogP contribution in [0.1, 0.15) is 5.82 Å². The van der Waals surface area contributed by atoms with Crippen molar-refractivity contribution in [3.63, 3.8) is 0 Å². The molecule has 1 heterocycles. The van der Waals surface area contributed by atoms with E-state index in [1.165, 1.54) is 19.2 Å². The van der Waals surface area contributed by atoms with Crippen LogP contribution in [0.5, 0.6) is 11.5 Å². The molecule has 0 spiro atoms. The summed E-state index contributed by atoms with van der Waals surface area (Å²) in [6.45, 7) is -0.169. The second-order valence-electron chi connectivity index (χ2n) is 7.74. The zero-order chi connectivity index (χ0) is 26.9. The van der Waals surface area contributed by atoms with Crippen LogP contribution >= 0.6 is 23.4 Å². The molecular weight excluding hydrogens is 533 g/mol. The molecule has 0 aliphatic carbocycles. The Kier molecular flexibility index (Phi) is 9.17. The van der Waals surface area contributed by atoms with E-state index in [1.807, 2.05) is 12.1 Å². The molecule has 196 valence electrons. The van der Waals surface area contributed by atoms with Crippen LogP contribution in [0, 0.1) is 5.82 Å². The molecule has 2 N–H and O–H groups in total. The van der Waals surface area contributed by atoms with Crippen LogP contribution in [0.25, 0.3) is 5.69 Å². The predicted octanol–water partition coefficient (Wildman–Crippen LogP) is 4.49. The highest BCUT2D eigenvalue weighted by Crippen LogP contribution is 2.29. The van der Waals surface area contributed by atoms with Crippen molar-refractivity contribution in [3.05, 3.63) is 89.5 Å². The summed E-state index contributed by atoms with van der Waals surface area (Å²) < 4.78 is 26.6. The van der Waals surface area contributed by atoms with Crippen molar-refractivity contribution in [2.45, 2.75) is 11.7 Å². The summed E-state index contributed by atoms with van der Waals surface area (Å²) >= 11 is 6.97. The van der Waals surface area contributed by atoms with E-state index in [2.05, 4.69) is 20.8 Å². The minimum atomic E-state index is -0.527. The number of nitrogens with one attached hydrogen (secondary N) is 2. The van der Waals surface area contributed by atoms with Crippen LogP contribution in [-0.2, 0) is 16.1 Å². The molecule has 12 heteroatoms. The molecule has 3 aromatic carbocycles. The van der Waals surface area contributed by atoms with E-state index in [0.717, 1.165) is 11.8 Å². The van der Waals surface area contributed by atoms with Gasteiger partial charge in [-0.3, -0.25) is 14.2 Å². The van der Waals surface area contributed by atoms with Crippen molar-refractivity contribution in [2.75, 3.05) is 24.8 Å². The van der Waals surface area contributed by atoms with Gasteiger partial charge in [-0.05, 0) is 48.5 Å². The Hall–Kier alpha value is -4.09. The monoisotopic (exact) mass is 555 g/mol. The molecule has 0 aliphatic heterocycles. The molecule has 1 aromatic heterocycles.